The van der Waals surface area contributed by atoms with E-state index in [-0.39, 0.29) is 0 Å². The minimum atomic E-state index is 0.568. The molecular formula is C13H21NO2. The summed E-state index contributed by atoms with van der Waals surface area (Å²) in [5, 5.41) is 0. The van der Waals surface area contributed by atoms with E-state index in [0.29, 0.717) is 5.92 Å². The first-order valence-corrected chi connectivity index (χ1v) is 5.77. The average Bonchev–Trinajstić information content (AvgIpc) is 2.35. The van der Waals surface area contributed by atoms with Crippen LogP contribution in [0.3, 0.4) is 0 Å². The Hall–Kier alpha value is -1.22. The molecule has 0 aliphatic carbocycles. The van der Waals surface area contributed by atoms with E-state index in [2.05, 4.69) is 6.92 Å². The number of benzene rings is 1. The van der Waals surface area contributed by atoms with Gasteiger partial charge in [0.1, 0.15) is 11.5 Å². The van der Waals surface area contributed by atoms with E-state index in [1.807, 2.05) is 24.3 Å². The third kappa shape index (κ3) is 4.11. The molecule has 0 aliphatic heterocycles. The summed E-state index contributed by atoms with van der Waals surface area (Å²) in [6.07, 6.45) is 2.13. The van der Waals surface area contributed by atoms with Crippen molar-refractivity contribution in [1.82, 2.24) is 0 Å². The maximum Gasteiger partial charge on any atom is 0.119 e. The molecule has 0 radical (unpaired) electrons. The first-order chi connectivity index (χ1) is 7.80. The van der Waals surface area contributed by atoms with E-state index in [4.69, 9.17) is 15.2 Å². The normalized spacial score (nSPS) is 12.2. The van der Waals surface area contributed by atoms with Gasteiger partial charge in [0.15, 0.2) is 0 Å². The summed E-state index contributed by atoms with van der Waals surface area (Å²) in [5.74, 6) is 2.30. The molecule has 3 nitrogen and oxygen atoms in total. The fraction of sp³-hybridized carbons (Fsp3) is 0.538. The van der Waals surface area contributed by atoms with Gasteiger partial charge in [-0.15, -0.1) is 0 Å². The van der Waals surface area contributed by atoms with Crippen molar-refractivity contribution in [1.29, 1.82) is 0 Å². The smallest absolute Gasteiger partial charge is 0.119 e. The van der Waals surface area contributed by atoms with Gasteiger partial charge in [-0.3, -0.25) is 0 Å². The molecule has 1 atom stereocenters. The molecular weight excluding hydrogens is 202 g/mol. The fourth-order valence-corrected chi connectivity index (χ4v) is 1.50. The van der Waals surface area contributed by atoms with Gasteiger partial charge in [-0.05, 0) is 43.1 Å². The standard InChI is InChI=1S/C13H21NO2/c1-3-11(10-14)8-9-16-13-6-4-12(15-2)5-7-13/h4-7,11H,3,8-10,14H2,1-2H3. The molecule has 0 heterocycles. The van der Waals surface area contributed by atoms with Gasteiger partial charge in [-0.2, -0.15) is 0 Å². The van der Waals surface area contributed by atoms with Crippen molar-refractivity contribution in [2.45, 2.75) is 19.8 Å². The molecule has 16 heavy (non-hydrogen) atoms. The van der Waals surface area contributed by atoms with Crippen LogP contribution in [0, 0.1) is 5.92 Å². The van der Waals surface area contributed by atoms with Crippen LogP contribution >= 0.6 is 0 Å². The van der Waals surface area contributed by atoms with Gasteiger partial charge in [0.05, 0.1) is 13.7 Å². The number of hydrogen-bond acceptors (Lipinski definition) is 3. The molecule has 0 amide bonds. The van der Waals surface area contributed by atoms with Gasteiger partial charge in [-0.1, -0.05) is 13.3 Å². The minimum absolute atomic E-state index is 0.568. The number of rotatable bonds is 7. The van der Waals surface area contributed by atoms with Crippen LogP contribution in [0.2, 0.25) is 0 Å². The lowest BCUT2D eigenvalue weighted by atomic mass is 10.0. The summed E-state index contributed by atoms with van der Waals surface area (Å²) in [4.78, 5) is 0. The summed E-state index contributed by atoms with van der Waals surface area (Å²) in [7, 11) is 1.66. The van der Waals surface area contributed by atoms with Crippen molar-refractivity contribution in [2.75, 3.05) is 20.3 Å². The lowest BCUT2D eigenvalue weighted by Crippen LogP contribution is -2.16. The summed E-state index contributed by atoms with van der Waals surface area (Å²) in [5.41, 5.74) is 5.63. The van der Waals surface area contributed by atoms with Crippen molar-refractivity contribution in [3.63, 3.8) is 0 Å². The Morgan fingerprint density at radius 2 is 1.81 bits per heavy atom. The molecule has 0 fully saturated rings. The maximum atomic E-state index is 5.63. The van der Waals surface area contributed by atoms with Crippen molar-refractivity contribution in [3.8, 4) is 11.5 Å². The zero-order valence-corrected chi connectivity index (χ0v) is 10.1. The van der Waals surface area contributed by atoms with Gasteiger partial charge in [0.25, 0.3) is 0 Å². The Bertz CT molecular complexity index is 280. The second kappa shape index (κ2) is 7.12. The fourth-order valence-electron chi connectivity index (χ4n) is 1.50. The van der Waals surface area contributed by atoms with Crippen LogP contribution in [0.15, 0.2) is 24.3 Å². The highest BCUT2D eigenvalue weighted by Crippen LogP contribution is 2.17. The van der Waals surface area contributed by atoms with Crippen molar-refractivity contribution in [2.24, 2.45) is 11.7 Å². The largest absolute Gasteiger partial charge is 0.497 e. The molecule has 0 bridgehead atoms. The summed E-state index contributed by atoms with van der Waals surface area (Å²) >= 11 is 0. The zero-order chi connectivity index (χ0) is 11.8. The van der Waals surface area contributed by atoms with Crippen LogP contribution in [0.1, 0.15) is 19.8 Å². The number of nitrogens with two attached hydrogens (primary N) is 1. The Balaban J connectivity index is 2.31. The SMILES string of the molecule is CCC(CN)CCOc1ccc(OC)cc1. The van der Waals surface area contributed by atoms with E-state index < -0.39 is 0 Å². The van der Waals surface area contributed by atoms with E-state index in [9.17, 15) is 0 Å². The maximum absolute atomic E-state index is 5.63. The lowest BCUT2D eigenvalue weighted by molar-refractivity contribution is 0.276. The summed E-state index contributed by atoms with van der Waals surface area (Å²) in [6.45, 7) is 3.62. The predicted octanol–water partition coefficient (Wildman–Crippen LogP) is 2.45. The zero-order valence-electron chi connectivity index (χ0n) is 10.1. The van der Waals surface area contributed by atoms with E-state index in [1.54, 1.807) is 7.11 Å². The third-order valence-electron chi connectivity index (χ3n) is 2.76. The van der Waals surface area contributed by atoms with Gasteiger partial charge in [0, 0.05) is 0 Å². The Morgan fingerprint density at radius 1 is 1.19 bits per heavy atom. The van der Waals surface area contributed by atoms with Gasteiger partial charge < -0.3 is 15.2 Å². The topological polar surface area (TPSA) is 44.5 Å². The molecule has 1 unspecified atom stereocenters. The van der Waals surface area contributed by atoms with Crippen LogP contribution in [0.5, 0.6) is 11.5 Å². The van der Waals surface area contributed by atoms with Gasteiger partial charge >= 0.3 is 0 Å². The van der Waals surface area contributed by atoms with E-state index in [0.717, 1.165) is 37.5 Å². The molecule has 1 rings (SSSR count). The van der Waals surface area contributed by atoms with Crippen LogP contribution in [0.25, 0.3) is 0 Å². The molecule has 2 N–H and O–H groups in total. The molecule has 90 valence electrons. The Labute approximate surface area is 97.6 Å². The highest BCUT2D eigenvalue weighted by atomic mass is 16.5. The minimum Gasteiger partial charge on any atom is -0.497 e. The second-order valence-electron chi connectivity index (χ2n) is 3.82. The van der Waals surface area contributed by atoms with E-state index >= 15 is 0 Å². The van der Waals surface area contributed by atoms with Crippen LogP contribution in [-0.4, -0.2) is 20.3 Å². The van der Waals surface area contributed by atoms with Crippen LogP contribution in [0.4, 0.5) is 0 Å². The Morgan fingerprint density at radius 3 is 2.31 bits per heavy atom. The monoisotopic (exact) mass is 223 g/mol. The van der Waals surface area contributed by atoms with Crippen molar-refractivity contribution < 1.29 is 9.47 Å². The summed E-state index contributed by atoms with van der Waals surface area (Å²) < 4.78 is 10.7. The molecule has 0 saturated heterocycles. The highest BCUT2D eigenvalue weighted by molar-refractivity contribution is 5.31. The average molecular weight is 223 g/mol. The molecule has 0 spiro atoms. The van der Waals surface area contributed by atoms with E-state index in [1.165, 1.54) is 0 Å². The molecule has 0 saturated carbocycles. The molecule has 1 aromatic carbocycles. The van der Waals surface area contributed by atoms with Crippen LogP contribution in [-0.2, 0) is 0 Å². The second-order valence-corrected chi connectivity index (χ2v) is 3.82. The molecule has 3 heteroatoms. The van der Waals surface area contributed by atoms with Crippen molar-refractivity contribution in [3.05, 3.63) is 24.3 Å². The first-order valence-electron chi connectivity index (χ1n) is 5.77. The quantitative estimate of drug-likeness (QED) is 0.772. The molecule has 1 aromatic rings. The van der Waals surface area contributed by atoms with Crippen molar-refractivity contribution >= 4 is 0 Å². The summed E-state index contributed by atoms with van der Waals surface area (Å²) in [6, 6.07) is 7.63. The predicted molar refractivity (Wildman–Crippen MR) is 65.9 cm³/mol. The number of hydrogen-bond donors (Lipinski definition) is 1. The highest BCUT2D eigenvalue weighted by Gasteiger charge is 2.03. The molecule has 0 aromatic heterocycles. The van der Waals surface area contributed by atoms with Gasteiger partial charge in [0.2, 0.25) is 0 Å². The number of methoxy groups -OCH3 is 1. The first kappa shape index (κ1) is 12.8. The molecule has 0 aliphatic rings. The van der Waals surface area contributed by atoms with Crippen LogP contribution < -0.4 is 15.2 Å². The third-order valence-corrected chi connectivity index (χ3v) is 2.76. The van der Waals surface area contributed by atoms with Gasteiger partial charge in [-0.25, -0.2) is 0 Å². The Kier molecular flexibility index (Phi) is 5.72. The number of ether oxygens (including phenoxy) is 2. The lowest BCUT2D eigenvalue weighted by Gasteiger charge is -2.12.